The average Bonchev–Trinajstić information content (AvgIpc) is 2.81. The van der Waals surface area contributed by atoms with Gasteiger partial charge in [-0.05, 0) is 37.7 Å². The van der Waals surface area contributed by atoms with Crippen molar-refractivity contribution in [1.29, 1.82) is 0 Å². The summed E-state index contributed by atoms with van der Waals surface area (Å²) in [6.07, 6.45) is 3.23. The summed E-state index contributed by atoms with van der Waals surface area (Å²) in [6.45, 7) is 2.29. The van der Waals surface area contributed by atoms with Gasteiger partial charge in [0.1, 0.15) is 5.56 Å². The van der Waals surface area contributed by atoms with Crippen LogP contribution >= 0.6 is 15.9 Å². The fraction of sp³-hybridized carbons (Fsp3) is 0.500. The maximum Gasteiger partial charge on any atom is 0.282 e. The lowest BCUT2D eigenvalue weighted by molar-refractivity contribution is -0.385. The second-order valence-corrected chi connectivity index (χ2v) is 6.51. The molecule has 20 heavy (non-hydrogen) atoms. The van der Waals surface area contributed by atoms with E-state index in [2.05, 4.69) is 21.2 Å². The van der Waals surface area contributed by atoms with Crippen molar-refractivity contribution >= 4 is 27.5 Å². The monoisotopic (exact) mass is 340 g/mol. The molecule has 1 aromatic rings. The molecule has 0 bridgehead atoms. The van der Waals surface area contributed by atoms with Crippen molar-refractivity contribution < 1.29 is 9.72 Å². The normalized spacial score (nSPS) is 21.7. The number of amides is 1. The van der Waals surface area contributed by atoms with Crippen LogP contribution in [0.1, 0.15) is 35.2 Å². The predicted molar refractivity (Wildman–Crippen MR) is 80.2 cm³/mol. The zero-order chi connectivity index (χ0) is 14.7. The largest absolute Gasteiger partial charge is 0.352 e. The third kappa shape index (κ3) is 3.36. The number of aryl methyl sites for hydroxylation is 1. The lowest BCUT2D eigenvalue weighted by Crippen LogP contribution is -2.29. The van der Waals surface area contributed by atoms with Crippen molar-refractivity contribution in [2.75, 3.05) is 6.54 Å². The number of hydrogen-bond acceptors (Lipinski definition) is 3. The summed E-state index contributed by atoms with van der Waals surface area (Å²) < 4.78 is 0. The molecule has 0 spiro atoms. The maximum absolute atomic E-state index is 12.2. The topological polar surface area (TPSA) is 72.2 Å². The Balaban J connectivity index is 2.07. The van der Waals surface area contributed by atoms with Crippen LogP contribution in [0.3, 0.4) is 0 Å². The molecule has 108 valence electrons. The molecule has 1 aromatic carbocycles. The second kappa shape index (κ2) is 6.35. The molecule has 6 heteroatoms. The van der Waals surface area contributed by atoms with Crippen molar-refractivity contribution in [1.82, 2.24) is 5.32 Å². The van der Waals surface area contributed by atoms with E-state index in [1.54, 1.807) is 19.1 Å². The van der Waals surface area contributed by atoms with Gasteiger partial charge >= 0.3 is 0 Å². The number of benzene rings is 1. The summed E-state index contributed by atoms with van der Waals surface area (Å²) >= 11 is 3.57. The van der Waals surface area contributed by atoms with E-state index >= 15 is 0 Å². The number of nitrogens with zero attached hydrogens (tertiary/aromatic N) is 1. The van der Waals surface area contributed by atoms with E-state index in [1.165, 1.54) is 6.07 Å². The zero-order valence-electron chi connectivity index (χ0n) is 11.3. The van der Waals surface area contributed by atoms with Crippen LogP contribution in [0.5, 0.6) is 0 Å². The third-order valence-electron chi connectivity index (χ3n) is 3.70. The number of hydrogen-bond donors (Lipinski definition) is 1. The summed E-state index contributed by atoms with van der Waals surface area (Å²) in [5.41, 5.74) is 0.666. The summed E-state index contributed by atoms with van der Waals surface area (Å²) in [7, 11) is 0. The Bertz CT molecular complexity index is 533. The zero-order valence-corrected chi connectivity index (χ0v) is 12.9. The predicted octanol–water partition coefficient (Wildman–Crippen LogP) is 3.20. The van der Waals surface area contributed by atoms with Gasteiger partial charge in [-0.25, -0.2) is 0 Å². The minimum Gasteiger partial charge on any atom is -0.352 e. The van der Waals surface area contributed by atoms with Crippen molar-refractivity contribution in [2.24, 2.45) is 5.92 Å². The Morgan fingerprint density at radius 2 is 2.25 bits per heavy atom. The molecule has 2 unspecified atom stereocenters. The van der Waals surface area contributed by atoms with E-state index in [0.717, 1.165) is 19.3 Å². The van der Waals surface area contributed by atoms with Gasteiger partial charge in [0.25, 0.3) is 11.6 Å². The Labute approximate surface area is 126 Å². The van der Waals surface area contributed by atoms with Crippen LogP contribution in [-0.4, -0.2) is 22.2 Å². The van der Waals surface area contributed by atoms with Gasteiger partial charge in [-0.15, -0.1) is 0 Å². The number of nitro groups is 1. The van der Waals surface area contributed by atoms with Crippen LogP contribution in [0, 0.1) is 23.0 Å². The van der Waals surface area contributed by atoms with Crippen LogP contribution in [0.25, 0.3) is 0 Å². The Morgan fingerprint density at radius 3 is 2.85 bits per heavy atom. The van der Waals surface area contributed by atoms with E-state index in [4.69, 9.17) is 0 Å². The van der Waals surface area contributed by atoms with Gasteiger partial charge in [-0.2, -0.15) is 0 Å². The molecule has 1 aliphatic carbocycles. The standard InChI is InChI=1S/C14H17BrN2O3/c1-9-3-2-4-12(17(19)20)13(9)14(18)16-8-10-5-6-11(15)7-10/h2-4,10-11H,5-8H2,1H3,(H,16,18). The molecule has 2 atom stereocenters. The summed E-state index contributed by atoms with van der Waals surface area (Å²) in [4.78, 5) is 23.2. The van der Waals surface area contributed by atoms with Crippen LogP contribution in [0.2, 0.25) is 0 Å². The number of carbonyl (C=O) groups is 1. The van der Waals surface area contributed by atoms with E-state index in [-0.39, 0.29) is 17.2 Å². The number of rotatable bonds is 4. The Hall–Kier alpha value is -1.43. The molecule has 5 nitrogen and oxygen atoms in total. The molecular weight excluding hydrogens is 324 g/mol. The molecule has 0 heterocycles. The van der Waals surface area contributed by atoms with Crippen molar-refractivity contribution in [3.05, 3.63) is 39.4 Å². The summed E-state index contributed by atoms with van der Waals surface area (Å²) in [5, 5.41) is 13.8. The van der Waals surface area contributed by atoms with Gasteiger partial charge in [0.15, 0.2) is 0 Å². The highest BCUT2D eigenvalue weighted by molar-refractivity contribution is 9.09. The molecule has 0 saturated heterocycles. The smallest absolute Gasteiger partial charge is 0.282 e. The van der Waals surface area contributed by atoms with E-state index in [9.17, 15) is 14.9 Å². The lowest BCUT2D eigenvalue weighted by atomic mass is 10.0. The molecule has 0 aromatic heterocycles. The third-order valence-corrected chi connectivity index (χ3v) is 4.53. The fourth-order valence-corrected chi connectivity index (χ4v) is 3.42. The minimum atomic E-state index is -0.508. The number of carbonyl (C=O) groups excluding carboxylic acids is 1. The SMILES string of the molecule is Cc1cccc([N+](=O)[O-])c1C(=O)NCC1CCC(Br)C1. The highest BCUT2D eigenvalue weighted by atomic mass is 79.9. The molecule has 1 fully saturated rings. The minimum absolute atomic E-state index is 0.132. The number of halogens is 1. The van der Waals surface area contributed by atoms with Crippen molar-refractivity contribution in [3.8, 4) is 0 Å². The first-order valence-electron chi connectivity index (χ1n) is 6.65. The molecule has 0 radical (unpaired) electrons. The fourth-order valence-electron chi connectivity index (χ4n) is 2.62. The molecule has 2 rings (SSSR count). The van der Waals surface area contributed by atoms with Crippen LogP contribution < -0.4 is 5.32 Å². The first-order valence-corrected chi connectivity index (χ1v) is 7.57. The van der Waals surface area contributed by atoms with Gasteiger partial charge in [0.05, 0.1) is 4.92 Å². The van der Waals surface area contributed by atoms with Crippen LogP contribution in [0.15, 0.2) is 18.2 Å². The van der Waals surface area contributed by atoms with E-state index < -0.39 is 4.92 Å². The quantitative estimate of drug-likeness (QED) is 0.519. The van der Waals surface area contributed by atoms with Gasteiger partial charge in [0, 0.05) is 17.4 Å². The van der Waals surface area contributed by atoms with Gasteiger partial charge in [-0.3, -0.25) is 14.9 Å². The molecule has 1 amide bonds. The number of nitro benzene ring substituents is 1. The van der Waals surface area contributed by atoms with Crippen LogP contribution in [0.4, 0.5) is 5.69 Å². The van der Waals surface area contributed by atoms with Crippen molar-refractivity contribution in [3.63, 3.8) is 0 Å². The van der Waals surface area contributed by atoms with Gasteiger partial charge in [-0.1, -0.05) is 28.1 Å². The molecule has 1 aliphatic rings. The average molecular weight is 341 g/mol. The van der Waals surface area contributed by atoms with Crippen molar-refractivity contribution in [2.45, 2.75) is 31.0 Å². The molecule has 0 aliphatic heterocycles. The summed E-state index contributed by atoms with van der Waals surface area (Å²) in [5.74, 6) is 0.0965. The van der Waals surface area contributed by atoms with E-state index in [0.29, 0.717) is 22.9 Å². The van der Waals surface area contributed by atoms with Crippen LogP contribution in [-0.2, 0) is 0 Å². The summed E-state index contributed by atoms with van der Waals surface area (Å²) in [6, 6.07) is 4.68. The highest BCUT2D eigenvalue weighted by Gasteiger charge is 2.25. The second-order valence-electron chi connectivity index (χ2n) is 5.21. The molecule has 1 saturated carbocycles. The lowest BCUT2D eigenvalue weighted by Gasteiger charge is -2.12. The first kappa shape index (κ1) is 15.0. The molecular formula is C14H17BrN2O3. The van der Waals surface area contributed by atoms with E-state index in [1.807, 2.05) is 0 Å². The first-order chi connectivity index (χ1) is 9.49. The number of nitrogens with one attached hydrogen (secondary N) is 1. The Kier molecular flexibility index (Phi) is 4.75. The Morgan fingerprint density at radius 1 is 1.50 bits per heavy atom. The maximum atomic E-state index is 12.2. The number of alkyl halides is 1. The highest BCUT2D eigenvalue weighted by Crippen LogP contribution is 2.30. The van der Waals surface area contributed by atoms with Gasteiger partial charge < -0.3 is 5.32 Å². The van der Waals surface area contributed by atoms with Gasteiger partial charge in [0.2, 0.25) is 0 Å². The molecule has 1 N–H and O–H groups in total.